The highest BCUT2D eigenvalue weighted by molar-refractivity contribution is 7.89. The number of benzene rings is 1. The molecule has 0 amide bonds. The van der Waals surface area contributed by atoms with Gasteiger partial charge in [0.1, 0.15) is 10.7 Å². The fourth-order valence-corrected chi connectivity index (χ4v) is 3.37. The molecule has 0 fully saturated rings. The lowest BCUT2D eigenvalue weighted by atomic mass is 10.3. The number of nitrogen functional groups attached to an aromatic ring is 1. The van der Waals surface area contributed by atoms with Gasteiger partial charge in [0.05, 0.1) is 12.3 Å². The van der Waals surface area contributed by atoms with Gasteiger partial charge in [-0.2, -0.15) is 4.31 Å². The van der Waals surface area contributed by atoms with Crippen LogP contribution in [0.3, 0.4) is 0 Å². The predicted octanol–water partition coefficient (Wildman–Crippen LogP) is 0.799. The maximum Gasteiger partial charge on any atom is 0.245 e. The Morgan fingerprint density at radius 2 is 2.06 bits per heavy atom. The molecule has 0 atom stereocenters. The van der Waals surface area contributed by atoms with Crippen LogP contribution in [0.25, 0.3) is 0 Å². The number of hydrogen-bond donors (Lipinski definition) is 2. The zero-order valence-electron chi connectivity index (χ0n) is 10.3. The third-order valence-corrected chi connectivity index (χ3v) is 4.59. The Morgan fingerprint density at radius 1 is 1.44 bits per heavy atom. The first-order valence-electron chi connectivity index (χ1n) is 5.48. The molecule has 0 saturated carbocycles. The second-order valence-electron chi connectivity index (χ2n) is 4.12. The van der Waals surface area contributed by atoms with E-state index in [-0.39, 0.29) is 29.8 Å². The normalized spacial score (nSPS) is 12.3. The van der Waals surface area contributed by atoms with Crippen LogP contribution in [0.1, 0.15) is 13.8 Å². The van der Waals surface area contributed by atoms with Crippen molar-refractivity contribution in [3.8, 4) is 0 Å². The lowest BCUT2D eigenvalue weighted by Gasteiger charge is -2.25. The minimum Gasteiger partial charge on any atom is -0.398 e. The van der Waals surface area contributed by atoms with Crippen LogP contribution in [0.5, 0.6) is 0 Å². The van der Waals surface area contributed by atoms with E-state index < -0.39 is 15.8 Å². The van der Waals surface area contributed by atoms with Gasteiger partial charge in [-0.1, -0.05) is 0 Å². The molecule has 0 unspecified atom stereocenters. The van der Waals surface area contributed by atoms with Crippen molar-refractivity contribution in [1.82, 2.24) is 4.31 Å². The number of nitrogens with two attached hydrogens (primary N) is 1. The Morgan fingerprint density at radius 3 is 2.56 bits per heavy atom. The molecule has 0 saturated heterocycles. The maximum atomic E-state index is 13.1. The fraction of sp³-hybridized carbons (Fsp3) is 0.455. The zero-order valence-corrected chi connectivity index (χ0v) is 11.1. The minimum atomic E-state index is -3.91. The number of hydrogen-bond acceptors (Lipinski definition) is 4. The topological polar surface area (TPSA) is 83.6 Å². The number of anilines is 1. The summed E-state index contributed by atoms with van der Waals surface area (Å²) in [6, 6.07) is 2.84. The smallest absolute Gasteiger partial charge is 0.245 e. The van der Waals surface area contributed by atoms with Crippen LogP contribution in [0.4, 0.5) is 10.1 Å². The second kappa shape index (κ2) is 5.64. The van der Waals surface area contributed by atoms with Gasteiger partial charge in [-0.25, -0.2) is 12.8 Å². The van der Waals surface area contributed by atoms with E-state index in [0.29, 0.717) is 0 Å². The first-order chi connectivity index (χ1) is 8.30. The molecule has 0 bridgehead atoms. The zero-order chi connectivity index (χ0) is 13.9. The summed E-state index contributed by atoms with van der Waals surface area (Å²) >= 11 is 0. The van der Waals surface area contributed by atoms with Gasteiger partial charge in [0.15, 0.2) is 0 Å². The van der Waals surface area contributed by atoms with Crippen LogP contribution in [-0.4, -0.2) is 37.0 Å². The van der Waals surface area contributed by atoms with E-state index in [1.165, 1.54) is 6.07 Å². The van der Waals surface area contributed by atoms with Gasteiger partial charge in [-0.15, -0.1) is 0 Å². The molecular weight excluding hydrogens is 259 g/mol. The minimum absolute atomic E-state index is 0.0139. The van der Waals surface area contributed by atoms with Crippen molar-refractivity contribution in [3.05, 3.63) is 24.0 Å². The molecule has 7 heteroatoms. The summed E-state index contributed by atoms with van der Waals surface area (Å²) in [7, 11) is -3.91. The van der Waals surface area contributed by atoms with E-state index in [9.17, 15) is 12.8 Å². The molecule has 18 heavy (non-hydrogen) atoms. The van der Waals surface area contributed by atoms with Crippen molar-refractivity contribution >= 4 is 15.7 Å². The van der Waals surface area contributed by atoms with Gasteiger partial charge >= 0.3 is 0 Å². The van der Waals surface area contributed by atoms with Gasteiger partial charge in [-0.05, 0) is 32.0 Å². The third kappa shape index (κ3) is 2.98. The molecule has 0 radical (unpaired) electrons. The fourth-order valence-electron chi connectivity index (χ4n) is 1.61. The monoisotopic (exact) mass is 276 g/mol. The van der Waals surface area contributed by atoms with E-state index in [1.807, 2.05) is 0 Å². The number of rotatable bonds is 5. The van der Waals surface area contributed by atoms with Gasteiger partial charge < -0.3 is 10.8 Å². The lowest BCUT2D eigenvalue weighted by Crippen LogP contribution is -2.39. The van der Waals surface area contributed by atoms with E-state index in [0.717, 1.165) is 16.4 Å². The Labute approximate surface area is 106 Å². The molecular formula is C11H17FN2O3S. The molecule has 3 N–H and O–H groups in total. The second-order valence-corrected chi connectivity index (χ2v) is 5.97. The summed E-state index contributed by atoms with van der Waals surface area (Å²) in [6.45, 7) is 2.97. The van der Waals surface area contributed by atoms with E-state index in [2.05, 4.69) is 0 Å². The number of nitrogens with zero attached hydrogens (tertiary/aromatic N) is 1. The average Bonchev–Trinajstić information content (AvgIpc) is 2.28. The Bertz CT molecular complexity index is 517. The van der Waals surface area contributed by atoms with Crippen molar-refractivity contribution in [2.24, 2.45) is 0 Å². The first kappa shape index (κ1) is 14.9. The van der Waals surface area contributed by atoms with E-state index in [1.54, 1.807) is 13.8 Å². The summed E-state index contributed by atoms with van der Waals surface area (Å²) in [5, 5.41) is 8.91. The molecule has 0 aliphatic carbocycles. The van der Waals surface area contributed by atoms with Crippen LogP contribution in [-0.2, 0) is 10.0 Å². The lowest BCUT2D eigenvalue weighted by molar-refractivity contribution is 0.236. The molecule has 0 heterocycles. The molecule has 0 aromatic heterocycles. The van der Waals surface area contributed by atoms with Crippen LogP contribution in [0.15, 0.2) is 23.1 Å². The van der Waals surface area contributed by atoms with Crippen molar-refractivity contribution < 1.29 is 17.9 Å². The molecule has 5 nitrogen and oxygen atoms in total. The first-order valence-corrected chi connectivity index (χ1v) is 6.92. The Kier molecular flexibility index (Phi) is 4.66. The van der Waals surface area contributed by atoms with Gasteiger partial charge in [0.2, 0.25) is 10.0 Å². The van der Waals surface area contributed by atoms with Crippen LogP contribution >= 0.6 is 0 Å². The summed E-state index contributed by atoms with van der Waals surface area (Å²) in [6.07, 6.45) is 0. The Balaban J connectivity index is 3.30. The van der Waals surface area contributed by atoms with Gasteiger partial charge in [-0.3, -0.25) is 0 Å². The molecule has 0 spiro atoms. The highest BCUT2D eigenvalue weighted by Gasteiger charge is 2.28. The van der Waals surface area contributed by atoms with Crippen LogP contribution in [0, 0.1) is 5.82 Å². The van der Waals surface area contributed by atoms with Crippen molar-refractivity contribution in [1.29, 1.82) is 0 Å². The van der Waals surface area contributed by atoms with Crippen molar-refractivity contribution in [2.75, 3.05) is 18.9 Å². The third-order valence-electron chi connectivity index (χ3n) is 2.46. The average molecular weight is 276 g/mol. The van der Waals surface area contributed by atoms with E-state index in [4.69, 9.17) is 10.8 Å². The summed E-state index contributed by atoms with van der Waals surface area (Å²) in [5.41, 5.74) is 5.56. The molecule has 102 valence electrons. The molecule has 0 aliphatic heterocycles. The largest absolute Gasteiger partial charge is 0.398 e. The van der Waals surface area contributed by atoms with Crippen molar-refractivity contribution in [3.63, 3.8) is 0 Å². The number of sulfonamides is 1. The molecule has 1 aromatic rings. The van der Waals surface area contributed by atoms with Crippen molar-refractivity contribution in [2.45, 2.75) is 24.8 Å². The SMILES string of the molecule is CC(C)N(CCO)S(=O)(=O)c1cc(F)ccc1N. The summed E-state index contributed by atoms with van der Waals surface area (Å²) in [5.74, 6) is -0.671. The van der Waals surface area contributed by atoms with Crippen LogP contribution < -0.4 is 5.73 Å². The number of halogens is 1. The number of aliphatic hydroxyl groups excluding tert-OH is 1. The maximum absolute atomic E-state index is 13.1. The quantitative estimate of drug-likeness (QED) is 0.779. The predicted molar refractivity (Wildman–Crippen MR) is 66.9 cm³/mol. The highest BCUT2D eigenvalue weighted by Crippen LogP contribution is 2.24. The van der Waals surface area contributed by atoms with Gasteiger partial charge in [0.25, 0.3) is 0 Å². The standard InChI is InChI=1S/C11H17FN2O3S/c1-8(2)14(5-6-15)18(16,17)11-7-9(12)3-4-10(11)13/h3-4,7-8,15H,5-6,13H2,1-2H3. The van der Waals surface area contributed by atoms with Crippen LogP contribution in [0.2, 0.25) is 0 Å². The van der Waals surface area contributed by atoms with E-state index >= 15 is 0 Å². The highest BCUT2D eigenvalue weighted by atomic mass is 32.2. The Hall–Kier alpha value is -1.18. The molecule has 1 aromatic carbocycles. The summed E-state index contributed by atoms with van der Waals surface area (Å²) in [4.78, 5) is -0.273. The molecule has 0 aliphatic rings. The number of aliphatic hydroxyl groups is 1. The molecule has 1 rings (SSSR count). The van der Waals surface area contributed by atoms with Gasteiger partial charge in [0, 0.05) is 12.6 Å². The summed E-state index contributed by atoms with van der Waals surface area (Å²) < 4.78 is 38.8.